The van der Waals surface area contributed by atoms with Gasteiger partial charge in [-0.15, -0.1) is 0 Å². The van der Waals surface area contributed by atoms with Crippen LogP contribution in [-0.4, -0.2) is 22.7 Å². The first-order valence-electron chi connectivity index (χ1n) is 9.27. The van der Waals surface area contributed by atoms with Gasteiger partial charge in [-0.25, -0.2) is 4.98 Å². The summed E-state index contributed by atoms with van der Waals surface area (Å²) in [5, 5.41) is 6.31. The average molecular weight is 351 g/mol. The van der Waals surface area contributed by atoms with Crippen molar-refractivity contribution in [2.75, 3.05) is 5.32 Å². The van der Waals surface area contributed by atoms with Crippen molar-refractivity contribution in [1.82, 2.24) is 10.3 Å². The minimum absolute atomic E-state index is 0.0253. The molecule has 0 spiro atoms. The summed E-state index contributed by atoms with van der Waals surface area (Å²) in [5.74, 6) is -0.0840. The van der Waals surface area contributed by atoms with E-state index in [1.807, 2.05) is 18.2 Å². The molecule has 1 aliphatic rings. The van der Waals surface area contributed by atoms with Gasteiger partial charge in [-0.3, -0.25) is 9.59 Å². The van der Waals surface area contributed by atoms with E-state index in [0.29, 0.717) is 11.3 Å². The third-order valence-corrected chi connectivity index (χ3v) is 4.74. The predicted octanol–water partition coefficient (Wildman–Crippen LogP) is 4.48. The summed E-state index contributed by atoms with van der Waals surface area (Å²) in [4.78, 5) is 28.1. The molecule has 0 aliphatic heterocycles. The third-order valence-electron chi connectivity index (χ3n) is 4.74. The van der Waals surface area contributed by atoms with Crippen LogP contribution in [0.3, 0.4) is 0 Å². The van der Waals surface area contributed by atoms with E-state index in [2.05, 4.69) is 15.6 Å². The van der Waals surface area contributed by atoms with Crippen LogP contribution >= 0.6 is 0 Å². The zero-order chi connectivity index (χ0) is 18.4. The number of benzene rings is 1. The van der Waals surface area contributed by atoms with E-state index >= 15 is 0 Å². The molecule has 1 aromatic carbocycles. The van der Waals surface area contributed by atoms with Crippen molar-refractivity contribution in [2.45, 2.75) is 51.5 Å². The smallest absolute Gasteiger partial charge is 0.270 e. The van der Waals surface area contributed by atoms with Gasteiger partial charge in [-0.1, -0.05) is 37.8 Å². The molecular weight excluding hydrogens is 326 g/mol. The molecule has 1 aliphatic carbocycles. The summed E-state index contributed by atoms with van der Waals surface area (Å²) >= 11 is 0. The SMILES string of the molecule is CC(=O)c1cccc(Nc2ccc(C(=O)NC3CCCCCC3)nc2)c1. The highest BCUT2D eigenvalue weighted by molar-refractivity contribution is 5.95. The number of pyridine rings is 1. The minimum atomic E-state index is -0.109. The average Bonchev–Trinajstić information content (AvgIpc) is 2.91. The molecule has 3 rings (SSSR count). The highest BCUT2D eigenvalue weighted by Crippen LogP contribution is 2.19. The Bertz CT molecular complexity index is 763. The van der Waals surface area contributed by atoms with Crippen LogP contribution in [0.2, 0.25) is 0 Å². The Kier molecular flexibility index (Phi) is 6.00. The van der Waals surface area contributed by atoms with Gasteiger partial charge in [-0.05, 0) is 44.0 Å². The normalized spacial score (nSPS) is 15.1. The number of aromatic nitrogens is 1. The van der Waals surface area contributed by atoms with E-state index in [-0.39, 0.29) is 17.7 Å². The number of carbonyl (C=O) groups is 2. The first-order valence-corrected chi connectivity index (χ1v) is 9.27. The summed E-state index contributed by atoms with van der Waals surface area (Å²) in [7, 11) is 0. The Morgan fingerprint density at radius 3 is 2.42 bits per heavy atom. The van der Waals surface area contributed by atoms with Gasteiger partial charge >= 0.3 is 0 Å². The van der Waals surface area contributed by atoms with Gasteiger partial charge in [0.05, 0.1) is 11.9 Å². The molecule has 2 aromatic rings. The van der Waals surface area contributed by atoms with Gasteiger partial charge in [0.25, 0.3) is 5.91 Å². The lowest BCUT2D eigenvalue weighted by molar-refractivity contribution is 0.0927. The van der Waals surface area contributed by atoms with Gasteiger partial charge in [-0.2, -0.15) is 0 Å². The van der Waals surface area contributed by atoms with Crippen molar-refractivity contribution in [3.63, 3.8) is 0 Å². The Morgan fingerprint density at radius 2 is 1.77 bits per heavy atom. The number of anilines is 2. The Morgan fingerprint density at radius 1 is 1.00 bits per heavy atom. The summed E-state index contributed by atoms with van der Waals surface area (Å²) in [6, 6.07) is 11.1. The second kappa shape index (κ2) is 8.61. The van der Waals surface area contributed by atoms with Gasteiger partial charge in [0, 0.05) is 17.3 Å². The number of amides is 1. The number of hydrogen-bond donors (Lipinski definition) is 2. The quantitative estimate of drug-likeness (QED) is 0.615. The fourth-order valence-corrected chi connectivity index (χ4v) is 3.27. The lowest BCUT2D eigenvalue weighted by Gasteiger charge is -2.16. The fourth-order valence-electron chi connectivity index (χ4n) is 3.27. The Balaban J connectivity index is 1.61. The van der Waals surface area contributed by atoms with E-state index in [4.69, 9.17) is 0 Å². The molecule has 2 N–H and O–H groups in total. The molecule has 136 valence electrons. The number of ketones is 1. The fraction of sp³-hybridized carbons (Fsp3) is 0.381. The number of hydrogen-bond acceptors (Lipinski definition) is 4. The van der Waals surface area contributed by atoms with Crippen molar-refractivity contribution in [3.05, 3.63) is 53.9 Å². The van der Waals surface area contributed by atoms with E-state index in [1.165, 1.54) is 25.7 Å². The van der Waals surface area contributed by atoms with Gasteiger partial charge in [0.2, 0.25) is 0 Å². The number of nitrogens with zero attached hydrogens (tertiary/aromatic N) is 1. The third kappa shape index (κ3) is 4.91. The maximum atomic E-state index is 12.4. The molecule has 1 heterocycles. The molecule has 0 unspecified atom stereocenters. The zero-order valence-electron chi connectivity index (χ0n) is 15.1. The monoisotopic (exact) mass is 351 g/mol. The zero-order valence-corrected chi connectivity index (χ0v) is 15.1. The molecule has 1 aromatic heterocycles. The molecule has 1 amide bonds. The number of carbonyl (C=O) groups excluding carboxylic acids is 2. The summed E-state index contributed by atoms with van der Waals surface area (Å²) < 4.78 is 0. The van der Waals surface area contributed by atoms with Crippen LogP contribution in [0.15, 0.2) is 42.6 Å². The molecule has 5 nitrogen and oxygen atoms in total. The van der Waals surface area contributed by atoms with Crippen LogP contribution in [0.5, 0.6) is 0 Å². The molecule has 0 bridgehead atoms. The second-order valence-electron chi connectivity index (χ2n) is 6.86. The van der Waals surface area contributed by atoms with Crippen molar-refractivity contribution in [3.8, 4) is 0 Å². The predicted molar refractivity (Wildman–Crippen MR) is 103 cm³/mol. The highest BCUT2D eigenvalue weighted by Gasteiger charge is 2.16. The Labute approximate surface area is 154 Å². The Hall–Kier alpha value is -2.69. The lowest BCUT2D eigenvalue weighted by Crippen LogP contribution is -2.34. The molecule has 0 radical (unpaired) electrons. The molecule has 26 heavy (non-hydrogen) atoms. The minimum Gasteiger partial charge on any atom is -0.354 e. The van der Waals surface area contributed by atoms with Crippen LogP contribution in [-0.2, 0) is 0 Å². The van der Waals surface area contributed by atoms with Crippen molar-refractivity contribution in [1.29, 1.82) is 0 Å². The van der Waals surface area contributed by atoms with Crippen LogP contribution in [0, 0.1) is 0 Å². The number of nitrogens with one attached hydrogen (secondary N) is 2. The maximum Gasteiger partial charge on any atom is 0.270 e. The first-order chi connectivity index (χ1) is 12.6. The molecule has 1 fully saturated rings. The van der Waals surface area contributed by atoms with Gasteiger partial charge < -0.3 is 10.6 Å². The van der Waals surface area contributed by atoms with Crippen LogP contribution in [0.1, 0.15) is 66.3 Å². The number of Topliss-reactive ketones (excluding diaryl/α,β-unsaturated/α-hetero) is 1. The summed E-state index contributed by atoms with van der Waals surface area (Å²) in [6.07, 6.45) is 8.63. The molecular formula is C21H25N3O2. The van der Waals surface area contributed by atoms with Crippen molar-refractivity contribution in [2.24, 2.45) is 0 Å². The van der Waals surface area contributed by atoms with Crippen LogP contribution < -0.4 is 10.6 Å². The van der Waals surface area contributed by atoms with E-state index in [9.17, 15) is 9.59 Å². The highest BCUT2D eigenvalue weighted by atomic mass is 16.2. The van der Waals surface area contributed by atoms with E-state index < -0.39 is 0 Å². The van der Waals surface area contributed by atoms with Crippen LogP contribution in [0.4, 0.5) is 11.4 Å². The van der Waals surface area contributed by atoms with Crippen molar-refractivity contribution >= 4 is 23.1 Å². The first kappa shape index (κ1) is 18.1. The van der Waals surface area contributed by atoms with Gasteiger partial charge in [0.1, 0.15) is 5.69 Å². The molecule has 1 saturated carbocycles. The molecule has 5 heteroatoms. The summed E-state index contributed by atoms with van der Waals surface area (Å²) in [5.41, 5.74) is 2.67. The van der Waals surface area contributed by atoms with Crippen LogP contribution in [0.25, 0.3) is 0 Å². The standard InChI is InChI=1S/C21H25N3O2/c1-15(25)16-7-6-10-18(13-16)23-19-11-12-20(22-14-19)21(26)24-17-8-4-2-3-5-9-17/h6-7,10-14,17,23H,2-5,8-9H2,1H3,(H,24,26). The van der Waals surface area contributed by atoms with Gasteiger partial charge in [0.15, 0.2) is 5.78 Å². The number of rotatable bonds is 5. The second-order valence-corrected chi connectivity index (χ2v) is 6.86. The molecule has 0 atom stereocenters. The van der Waals surface area contributed by atoms with E-state index in [1.54, 1.807) is 31.3 Å². The van der Waals surface area contributed by atoms with Crippen molar-refractivity contribution < 1.29 is 9.59 Å². The van der Waals surface area contributed by atoms with E-state index in [0.717, 1.165) is 24.2 Å². The topological polar surface area (TPSA) is 71.1 Å². The molecule has 0 saturated heterocycles. The largest absolute Gasteiger partial charge is 0.354 e. The maximum absolute atomic E-state index is 12.4. The summed E-state index contributed by atoms with van der Waals surface area (Å²) in [6.45, 7) is 1.54. The lowest BCUT2D eigenvalue weighted by atomic mass is 10.1.